The molecule has 22 heavy (non-hydrogen) atoms. The van der Waals surface area contributed by atoms with Gasteiger partial charge in [0.1, 0.15) is 5.01 Å². The maximum atomic E-state index is 12.2. The van der Waals surface area contributed by atoms with Crippen molar-refractivity contribution in [3.8, 4) is 0 Å². The summed E-state index contributed by atoms with van der Waals surface area (Å²) in [5, 5.41) is 22.8. The van der Waals surface area contributed by atoms with E-state index in [1.54, 1.807) is 13.0 Å². The molecule has 0 radical (unpaired) electrons. The first-order chi connectivity index (χ1) is 10.5. The summed E-state index contributed by atoms with van der Waals surface area (Å²) in [5.74, 6) is -0.417. The van der Waals surface area contributed by atoms with Crippen LogP contribution < -0.4 is 5.32 Å². The first kappa shape index (κ1) is 16.0. The Labute approximate surface area is 131 Å². The molecule has 0 fully saturated rings. The van der Waals surface area contributed by atoms with E-state index in [4.69, 9.17) is 0 Å². The highest BCUT2D eigenvalue weighted by Gasteiger charge is 2.19. The lowest BCUT2D eigenvalue weighted by Gasteiger charge is -2.05. The molecule has 116 valence electrons. The topological polar surface area (TPSA) is 98.0 Å². The summed E-state index contributed by atoms with van der Waals surface area (Å²) in [5.41, 5.74) is 0.522. The van der Waals surface area contributed by atoms with E-state index in [0.717, 1.165) is 24.3 Å². The summed E-state index contributed by atoms with van der Waals surface area (Å²) in [4.78, 5) is 22.7. The average molecular weight is 320 g/mol. The van der Waals surface area contributed by atoms with E-state index in [9.17, 15) is 14.9 Å². The van der Waals surface area contributed by atoms with Crippen LogP contribution in [0.3, 0.4) is 0 Å². The second-order valence-corrected chi connectivity index (χ2v) is 5.83. The van der Waals surface area contributed by atoms with Gasteiger partial charge in [0, 0.05) is 23.6 Å². The number of carbonyl (C=O) groups is 1. The molecule has 2 aromatic rings. The Bertz CT molecular complexity index is 699. The van der Waals surface area contributed by atoms with Crippen molar-refractivity contribution in [2.24, 2.45) is 0 Å². The highest BCUT2D eigenvalue weighted by atomic mass is 32.1. The Kier molecular flexibility index (Phi) is 5.16. The van der Waals surface area contributed by atoms with Crippen molar-refractivity contribution in [1.82, 2.24) is 10.2 Å². The predicted octanol–water partition coefficient (Wildman–Crippen LogP) is 3.35. The zero-order chi connectivity index (χ0) is 16.1. The fourth-order valence-corrected chi connectivity index (χ4v) is 2.74. The number of anilines is 1. The van der Waals surface area contributed by atoms with E-state index < -0.39 is 10.8 Å². The maximum absolute atomic E-state index is 12.2. The zero-order valence-electron chi connectivity index (χ0n) is 12.3. The van der Waals surface area contributed by atoms with Crippen LogP contribution in [0.1, 0.15) is 40.7 Å². The Morgan fingerprint density at radius 3 is 2.86 bits per heavy atom. The van der Waals surface area contributed by atoms with Crippen molar-refractivity contribution in [1.29, 1.82) is 0 Å². The van der Waals surface area contributed by atoms with Crippen LogP contribution in [-0.4, -0.2) is 21.0 Å². The summed E-state index contributed by atoms with van der Waals surface area (Å²) >= 11 is 1.32. The van der Waals surface area contributed by atoms with Crippen LogP contribution in [0, 0.1) is 17.0 Å². The number of hydrogen-bond donors (Lipinski definition) is 1. The van der Waals surface area contributed by atoms with Gasteiger partial charge in [-0.3, -0.25) is 20.2 Å². The number of amides is 1. The number of nitrogens with zero attached hydrogens (tertiary/aromatic N) is 3. The van der Waals surface area contributed by atoms with E-state index in [1.165, 1.54) is 23.5 Å². The standard InChI is InChI=1S/C14H16N4O3S/c1-3-4-8-12-16-17-14(22-12)15-13(19)10-6-5-7-11(9(10)2)18(20)21/h5-7H,3-4,8H2,1-2H3,(H,15,17,19). The summed E-state index contributed by atoms with van der Waals surface area (Å²) < 4.78 is 0. The fourth-order valence-electron chi connectivity index (χ4n) is 1.96. The van der Waals surface area contributed by atoms with Crippen LogP contribution >= 0.6 is 11.3 Å². The number of aryl methyl sites for hydroxylation is 1. The van der Waals surface area contributed by atoms with Crippen LogP contribution in [0.25, 0.3) is 0 Å². The average Bonchev–Trinajstić information content (AvgIpc) is 2.92. The molecule has 0 unspecified atom stereocenters. The van der Waals surface area contributed by atoms with Gasteiger partial charge < -0.3 is 0 Å². The van der Waals surface area contributed by atoms with Gasteiger partial charge in [-0.15, -0.1) is 10.2 Å². The lowest BCUT2D eigenvalue weighted by atomic mass is 10.1. The molecule has 1 amide bonds. The monoisotopic (exact) mass is 320 g/mol. The van der Waals surface area contributed by atoms with Crippen molar-refractivity contribution in [2.75, 3.05) is 5.32 Å². The fraction of sp³-hybridized carbons (Fsp3) is 0.357. The molecule has 0 saturated carbocycles. The number of aromatic nitrogens is 2. The van der Waals surface area contributed by atoms with E-state index in [0.29, 0.717) is 10.7 Å². The summed E-state index contributed by atoms with van der Waals surface area (Å²) in [7, 11) is 0. The van der Waals surface area contributed by atoms with Crippen molar-refractivity contribution in [3.63, 3.8) is 0 Å². The van der Waals surface area contributed by atoms with E-state index >= 15 is 0 Å². The van der Waals surface area contributed by atoms with Gasteiger partial charge in [-0.2, -0.15) is 0 Å². The molecule has 0 bridgehead atoms. The van der Waals surface area contributed by atoms with Gasteiger partial charge in [0.05, 0.1) is 4.92 Å². The van der Waals surface area contributed by atoms with Gasteiger partial charge in [0.15, 0.2) is 0 Å². The largest absolute Gasteiger partial charge is 0.296 e. The van der Waals surface area contributed by atoms with Crippen LogP contribution in [0.5, 0.6) is 0 Å². The van der Waals surface area contributed by atoms with Crippen molar-refractivity contribution in [3.05, 3.63) is 44.4 Å². The number of nitro groups is 1. The third-order valence-electron chi connectivity index (χ3n) is 3.18. The molecule has 0 atom stereocenters. The minimum atomic E-state index is -0.500. The molecular weight excluding hydrogens is 304 g/mol. The van der Waals surface area contributed by atoms with Crippen LogP contribution in [-0.2, 0) is 6.42 Å². The Hall–Kier alpha value is -2.35. The van der Waals surface area contributed by atoms with Gasteiger partial charge >= 0.3 is 0 Å². The highest BCUT2D eigenvalue weighted by Crippen LogP contribution is 2.23. The Morgan fingerprint density at radius 1 is 1.41 bits per heavy atom. The second-order valence-electron chi connectivity index (χ2n) is 4.77. The van der Waals surface area contributed by atoms with Gasteiger partial charge in [-0.05, 0) is 19.4 Å². The predicted molar refractivity (Wildman–Crippen MR) is 84.3 cm³/mol. The molecule has 0 aliphatic carbocycles. The number of rotatable bonds is 6. The lowest BCUT2D eigenvalue weighted by molar-refractivity contribution is -0.385. The van der Waals surface area contributed by atoms with Gasteiger partial charge in [0.2, 0.25) is 5.13 Å². The van der Waals surface area contributed by atoms with E-state index in [1.807, 2.05) is 0 Å². The molecule has 0 aliphatic rings. The van der Waals surface area contributed by atoms with Gasteiger partial charge in [-0.1, -0.05) is 30.7 Å². The third-order valence-corrected chi connectivity index (χ3v) is 4.08. The first-order valence-corrected chi connectivity index (χ1v) is 7.72. The first-order valence-electron chi connectivity index (χ1n) is 6.90. The Morgan fingerprint density at radius 2 is 2.18 bits per heavy atom. The normalized spacial score (nSPS) is 10.5. The lowest BCUT2D eigenvalue weighted by Crippen LogP contribution is -2.14. The maximum Gasteiger partial charge on any atom is 0.273 e. The number of nitro benzene ring substituents is 1. The van der Waals surface area contributed by atoms with Crippen LogP contribution in [0.15, 0.2) is 18.2 Å². The molecule has 1 N–H and O–H groups in total. The summed E-state index contributed by atoms with van der Waals surface area (Å²) in [6.07, 6.45) is 2.92. The van der Waals surface area contributed by atoms with E-state index in [2.05, 4.69) is 22.4 Å². The number of benzene rings is 1. The second kappa shape index (κ2) is 7.08. The molecule has 7 nitrogen and oxygen atoms in total. The SMILES string of the molecule is CCCCc1nnc(NC(=O)c2cccc([N+](=O)[O-])c2C)s1. The van der Waals surface area contributed by atoms with Gasteiger partial charge in [0.25, 0.3) is 11.6 Å². The summed E-state index contributed by atoms with van der Waals surface area (Å²) in [6.45, 7) is 3.65. The number of unbranched alkanes of at least 4 members (excludes halogenated alkanes) is 1. The zero-order valence-corrected chi connectivity index (χ0v) is 13.1. The van der Waals surface area contributed by atoms with Crippen molar-refractivity contribution in [2.45, 2.75) is 33.1 Å². The minimum Gasteiger partial charge on any atom is -0.296 e. The minimum absolute atomic E-state index is 0.0754. The van der Waals surface area contributed by atoms with Gasteiger partial charge in [-0.25, -0.2) is 0 Å². The number of nitrogens with one attached hydrogen (secondary N) is 1. The highest BCUT2D eigenvalue weighted by molar-refractivity contribution is 7.15. The third kappa shape index (κ3) is 3.64. The Balaban J connectivity index is 2.14. The number of carbonyl (C=O) groups excluding carboxylic acids is 1. The molecule has 1 heterocycles. The molecule has 1 aromatic carbocycles. The van der Waals surface area contributed by atoms with Crippen molar-refractivity contribution >= 4 is 28.1 Å². The molecule has 0 saturated heterocycles. The van der Waals surface area contributed by atoms with Crippen molar-refractivity contribution < 1.29 is 9.72 Å². The molecule has 0 spiro atoms. The molecule has 1 aromatic heterocycles. The van der Waals surface area contributed by atoms with E-state index in [-0.39, 0.29) is 11.3 Å². The molecule has 8 heteroatoms. The number of hydrogen-bond acceptors (Lipinski definition) is 6. The van der Waals surface area contributed by atoms with Crippen LogP contribution in [0.4, 0.5) is 10.8 Å². The molecule has 0 aliphatic heterocycles. The quantitative estimate of drug-likeness (QED) is 0.650. The molecular formula is C14H16N4O3S. The molecule has 2 rings (SSSR count). The smallest absolute Gasteiger partial charge is 0.273 e. The van der Waals surface area contributed by atoms with Crippen LogP contribution in [0.2, 0.25) is 0 Å². The summed E-state index contributed by atoms with van der Waals surface area (Å²) in [6, 6.07) is 4.42.